The third kappa shape index (κ3) is 7.87. The first kappa shape index (κ1) is 26.3. The highest BCUT2D eigenvalue weighted by Crippen LogP contribution is 2.30. The van der Waals surface area contributed by atoms with Gasteiger partial charge in [0.05, 0.1) is 29.6 Å². The number of hydrogen-bond donors (Lipinski definition) is 3. The number of carbonyl (C=O) groups is 3. The molecule has 36 heavy (non-hydrogen) atoms. The number of halogens is 4. The number of furan rings is 1. The summed E-state index contributed by atoms with van der Waals surface area (Å²) in [5, 5.41) is 8.45. The SMILES string of the molecule is O=C(COc1ccc(/C=N\NC(=O)C(=O)NCc2ccco2)cc1Cl)Nc1cccc(C(F)(F)F)c1. The van der Waals surface area contributed by atoms with Gasteiger partial charge in [0.2, 0.25) is 0 Å². The molecule has 0 unspecified atom stereocenters. The standard InChI is InChI=1S/C23H18ClF3N4O5/c24-18-9-14(11-29-31-22(34)21(33)28-12-17-5-2-8-35-17)6-7-19(18)36-13-20(32)30-16-4-1-3-15(10-16)23(25,26)27/h1-11H,12-13H2,(H,28,33)(H,30,32)(H,31,34)/b29-11-. The van der Waals surface area contributed by atoms with E-state index in [2.05, 4.69) is 21.2 Å². The largest absolute Gasteiger partial charge is 0.482 e. The molecular weight excluding hydrogens is 505 g/mol. The van der Waals surface area contributed by atoms with Crippen LogP contribution in [0.4, 0.5) is 18.9 Å². The van der Waals surface area contributed by atoms with E-state index in [1.807, 2.05) is 0 Å². The van der Waals surface area contributed by atoms with Crippen molar-refractivity contribution in [2.24, 2.45) is 5.10 Å². The quantitative estimate of drug-likeness (QED) is 0.236. The van der Waals surface area contributed by atoms with E-state index in [9.17, 15) is 27.6 Å². The van der Waals surface area contributed by atoms with Crippen molar-refractivity contribution in [3.63, 3.8) is 0 Å². The number of carbonyl (C=O) groups excluding carboxylic acids is 3. The van der Waals surface area contributed by atoms with Gasteiger partial charge in [-0.25, -0.2) is 5.43 Å². The van der Waals surface area contributed by atoms with Gasteiger partial charge in [-0.15, -0.1) is 0 Å². The van der Waals surface area contributed by atoms with Crippen molar-refractivity contribution in [3.8, 4) is 5.75 Å². The molecule has 0 aliphatic heterocycles. The molecule has 0 radical (unpaired) electrons. The molecule has 0 aliphatic carbocycles. The Morgan fingerprint density at radius 2 is 1.86 bits per heavy atom. The predicted octanol–water partition coefficient (Wildman–Crippen LogP) is 3.74. The molecule has 1 aromatic heterocycles. The maximum Gasteiger partial charge on any atom is 0.416 e. The lowest BCUT2D eigenvalue weighted by Crippen LogP contribution is -2.37. The Morgan fingerprint density at radius 1 is 1.06 bits per heavy atom. The first-order chi connectivity index (χ1) is 17.1. The van der Waals surface area contributed by atoms with E-state index in [-0.39, 0.29) is 23.0 Å². The van der Waals surface area contributed by atoms with Crippen molar-refractivity contribution in [1.82, 2.24) is 10.7 Å². The molecule has 0 bridgehead atoms. The highest BCUT2D eigenvalue weighted by atomic mass is 35.5. The topological polar surface area (TPSA) is 122 Å². The number of ether oxygens (including phenoxy) is 1. The highest BCUT2D eigenvalue weighted by molar-refractivity contribution is 6.35. The predicted molar refractivity (Wildman–Crippen MR) is 123 cm³/mol. The molecule has 0 aliphatic rings. The monoisotopic (exact) mass is 522 g/mol. The van der Waals surface area contributed by atoms with E-state index < -0.39 is 36.1 Å². The van der Waals surface area contributed by atoms with Crippen LogP contribution in [0.3, 0.4) is 0 Å². The van der Waals surface area contributed by atoms with Crippen molar-refractivity contribution >= 4 is 41.2 Å². The molecule has 0 saturated carbocycles. The Balaban J connectivity index is 1.47. The average Bonchev–Trinajstić information content (AvgIpc) is 3.35. The van der Waals surface area contributed by atoms with Crippen LogP contribution in [0.5, 0.6) is 5.75 Å². The fourth-order valence-electron chi connectivity index (χ4n) is 2.71. The summed E-state index contributed by atoms with van der Waals surface area (Å²) in [7, 11) is 0. The lowest BCUT2D eigenvalue weighted by atomic mass is 10.2. The minimum atomic E-state index is -4.54. The number of nitrogens with zero attached hydrogens (tertiary/aromatic N) is 1. The Kier molecular flexibility index (Phi) is 8.68. The Morgan fingerprint density at radius 3 is 2.56 bits per heavy atom. The van der Waals surface area contributed by atoms with Crippen molar-refractivity contribution in [2.75, 3.05) is 11.9 Å². The summed E-state index contributed by atoms with van der Waals surface area (Å²) in [6, 6.07) is 11.8. The second kappa shape index (κ2) is 11.9. The molecule has 0 fully saturated rings. The summed E-state index contributed by atoms with van der Waals surface area (Å²) < 4.78 is 48.7. The van der Waals surface area contributed by atoms with Crippen LogP contribution >= 0.6 is 11.6 Å². The Labute approximate surface area is 207 Å². The molecule has 3 amide bonds. The molecule has 9 nitrogen and oxygen atoms in total. The minimum Gasteiger partial charge on any atom is -0.482 e. The summed E-state index contributed by atoms with van der Waals surface area (Å²) in [4.78, 5) is 35.5. The zero-order valence-corrected chi connectivity index (χ0v) is 19.0. The second-order valence-corrected chi connectivity index (χ2v) is 7.47. The zero-order valence-electron chi connectivity index (χ0n) is 18.3. The van der Waals surface area contributed by atoms with Crippen LogP contribution in [0.1, 0.15) is 16.9 Å². The number of hydrazone groups is 1. The molecular formula is C23H18ClF3N4O5. The minimum absolute atomic E-state index is 0.0345. The van der Waals surface area contributed by atoms with Gasteiger partial charge in [-0.3, -0.25) is 14.4 Å². The van der Waals surface area contributed by atoms with E-state index in [1.165, 1.54) is 42.8 Å². The highest BCUT2D eigenvalue weighted by Gasteiger charge is 2.30. The van der Waals surface area contributed by atoms with Crippen molar-refractivity contribution < 1.29 is 36.7 Å². The number of rotatable bonds is 8. The summed E-state index contributed by atoms with van der Waals surface area (Å²) in [6.45, 7) is -0.468. The summed E-state index contributed by atoms with van der Waals surface area (Å²) in [6.07, 6.45) is -1.87. The smallest absolute Gasteiger partial charge is 0.416 e. The summed E-state index contributed by atoms with van der Waals surface area (Å²) >= 11 is 6.12. The van der Waals surface area contributed by atoms with Gasteiger partial charge in [0.25, 0.3) is 5.91 Å². The molecule has 13 heteroatoms. The van der Waals surface area contributed by atoms with Gasteiger partial charge in [-0.05, 0) is 54.1 Å². The van der Waals surface area contributed by atoms with E-state index in [4.69, 9.17) is 20.8 Å². The Bertz CT molecular complexity index is 1260. The van der Waals surface area contributed by atoms with Gasteiger partial charge in [0.15, 0.2) is 6.61 Å². The number of alkyl halides is 3. The van der Waals surface area contributed by atoms with Gasteiger partial charge < -0.3 is 19.8 Å². The van der Waals surface area contributed by atoms with Gasteiger partial charge in [0.1, 0.15) is 11.5 Å². The number of anilines is 1. The normalized spacial score (nSPS) is 11.2. The summed E-state index contributed by atoms with van der Waals surface area (Å²) in [5.74, 6) is -1.98. The molecule has 2 aromatic carbocycles. The molecule has 3 aromatic rings. The fourth-order valence-corrected chi connectivity index (χ4v) is 2.95. The summed E-state index contributed by atoms with van der Waals surface area (Å²) in [5.41, 5.74) is 1.57. The van der Waals surface area contributed by atoms with E-state index in [0.29, 0.717) is 11.3 Å². The number of benzene rings is 2. The maximum atomic E-state index is 12.8. The molecule has 3 N–H and O–H groups in total. The molecule has 0 saturated heterocycles. The van der Waals surface area contributed by atoms with Crippen LogP contribution in [0, 0.1) is 0 Å². The first-order valence-corrected chi connectivity index (χ1v) is 10.5. The average molecular weight is 523 g/mol. The second-order valence-electron chi connectivity index (χ2n) is 7.07. The lowest BCUT2D eigenvalue weighted by Gasteiger charge is -2.11. The van der Waals surface area contributed by atoms with E-state index in [0.717, 1.165) is 12.1 Å². The van der Waals surface area contributed by atoms with Crippen LogP contribution in [-0.4, -0.2) is 30.5 Å². The molecule has 0 atom stereocenters. The van der Waals surface area contributed by atoms with Gasteiger partial charge >= 0.3 is 18.0 Å². The molecule has 0 spiro atoms. The lowest BCUT2D eigenvalue weighted by molar-refractivity contribution is -0.139. The van der Waals surface area contributed by atoms with Crippen molar-refractivity contribution in [2.45, 2.75) is 12.7 Å². The number of amides is 3. The number of nitrogens with one attached hydrogen (secondary N) is 3. The van der Waals surface area contributed by atoms with Gasteiger partial charge in [-0.2, -0.15) is 18.3 Å². The third-order valence-corrected chi connectivity index (χ3v) is 4.67. The van der Waals surface area contributed by atoms with Crippen LogP contribution in [0.2, 0.25) is 5.02 Å². The third-order valence-electron chi connectivity index (χ3n) is 4.38. The van der Waals surface area contributed by atoms with Crippen molar-refractivity contribution in [1.29, 1.82) is 0 Å². The van der Waals surface area contributed by atoms with Crippen LogP contribution in [-0.2, 0) is 27.1 Å². The van der Waals surface area contributed by atoms with E-state index in [1.54, 1.807) is 12.1 Å². The number of hydrogen-bond acceptors (Lipinski definition) is 6. The maximum absolute atomic E-state index is 12.8. The van der Waals surface area contributed by atoms with Crippen LogP contribution in [0.15, 0.2) is 70.4 Å². The van der Waals surface area contributed by atoms with Crippen LogP contribution < -0.4 is 20.8 Å². The fraction of sp³-hybridized carbons (Fsp3) is 0.130. The van der Waals surface area contributed by atoms with Crippen LogP contribution in [0.25, 0.3) is 0 Å². The molecule has 188 valence electrons. The molecule has 1 heterocycles. The first-order valence-electron chi connectivity index (χ1n) is 10.1. The van der Waals surface area contributed by atoms with E-state index >= 15 is 0 Å². The van der Waals surface area contributed by atoms with Gasteiger partial charge in [0, 0.05) is 5.69 Å². The Hall–Kier alpha value is -4.32. The molecule has 3 rings (SSSR count). The zero-order chi connectivity index (χ0) is 26.1. The van der Waals surface area contributed by atoms with Crippen molar-refractivity contribution in [3.05, 3.63) is 82.8 Å². The van der Waals surface area contributed by atoms with Gasteiger partial charge in [-0.1, -0.05) is 17.7 Å².